The Balaban J connectivity index is 1.98. The SMILES string of the molecule is CCOC(=O)CN(Cc1cccc(CN2CCCC2)c1)c1nc(O/C(C)=C/OC)nc(N)c1[N+](=O)[O-]. The first-order valence-electron chi connectivity index (χ1n) is 11.7. The van der Waals surface area contributed by atoms with Crippen LogP contribution in [0.3, 0.4) is 0 Å². The summed E-state index contributed by atoms with van der Waals surface area (Å²) in [5, 5.41) is 11.9. The van der Waals surface area contributed by atoms with E-state index < -0.39 is 16.6 Å². The second-order valence-electron chi connectivity index (χ2n) is 8.35. The van der Waals surface area contributed by atoms with E-state index in [9.17, 15) is 14.9 Å². The second kappa shape index (κ2) is 12.7. The van der Waals surface area contributed by atoms with Gasteiger partial charge in [0, 0.05) is 13.1 Å². The van der Waals surface area contributed by atoms with Crippen molar-refractivity contribution in [3.05, 3.63) is 57.5 Å². The molecular formula is C24H32N6O6. The van der Waals surface area contributed by atoms with Gasteiger partial charge in [0.15, 0.2) is 0 Å². The summed E-state index contributed by atoms with van der Waals surface area (Å²) >= 11 is 0. The Bertz CT molecular complexity index is 1100. The smallest absolute Gasteiger partial charge is 0.353 e. The highest BCUT2D eigenvalue weighted by Gasteiger charge is 2.30. The van der Waals surface area contributed by atoms with Gasteiger partial charge in [-0.2, -0.15) is 9.97 Å². The Hall–Kier alpha value is -3.93. The van der Waals surface area contributed by atoms with Crippen LogP contribution < -0.4 is 15.4 Å². The molecule has 0 bridgehead atoms. The number of nitrogens with zero attached hydrogens (tertiary/aromatic N) is 5. The average Bonchev–Trinajstić information content (AvgIpc) is 3.31. The third kappa shape index (κ3) is 7.28. The van der Waals surface area contributed by atoms with E-state index >= 15 is 0 Å². The molecule has 0 aliphatic carbocycles. The molecule has 0 unspecified atom stereocenters. The van der Waals surface area contributed by atoms with E-state index in [1.807, 2.05) is 24.3 Å². The van der Waals surface area contributed by atoms with Crippen molar-refractivity contribution < 1.29 is 23.9 Å². The first-order valence-corrected chi connectivity index (χ1v) is 11.7. The van der Waals surface area contributed by atoms with Gasteiger partial charge in [0.1, 0.15) is 18.6 Å². The molecule has 0 amide bonds. The van der Waals surface area contributed by atoms with Crippen LogP contribution in [0.25, 0.3) is 0 Å². The molecular weight excluding hydrogens is 468 g/mol. The summed E-state index contributed by atoms with van der Waals surface area (Å²) in [6.45, 7) is 6.26. The number of benzene rings is 1. The summed E-state index contributed by atoms with van der Waals surface area (Å²) in [6.07, 6.45) is 3.70. The van der Waals surface area contributed by atoms with Crippen molar-refractivity contribution >= 4 is 23.3 Å². The number of aromatic nitrogens is 2. The van der Waals surface area contributed by atoms with Crippen molar-refractivity contribution in [2.45, 2.75) is 39.8 Å². The normalized spacial score (nSPS) is 13.9. The monoisotopic (exact) mass is 500 g/mol. The molecule has 12 nitrogen and oxygen atoms in total. The fourth-order valence-corrected chi connectivity index (χ4v) is 4.03. The minimum atomic E-state index is -0.672. The topological polar surface area (TPSA) is 146 Å². The Morgan fingerprint density at radius 2 is 2.00 bits per heavy atom. The van der Waals surface area contributed by atoms with Crippen molar-refractivity contribution in [3.8, 4) is 6.01 Å². The minimum Gasteiger partial charge on any atom is -0.501 e. The van der Waals surface area contributed by atoms with Crippen molar-refractivity contribution in [1.29, 1.82) is 0 Å². The lowest BCUT2D eigenvalue weighted by Crippen LogP contribution is -2.32. The maximum atomic E-state index is 12.5. The second-order valence-corrected chi connectivity index (χ2v) is 8.35. The number of anilines is 2. The number of nitrogens with two attached hydrogens (primary N) is 1. The molecule has 2 N–H and O–H groups in total. The zero-order chi connectivity index (χ0) is 26.1. The van der Waals surface area contributed by atoms with Crippen LogP contribution >= 0.6 is 0 Å². The standard InChI is InChI=1S/C24H32N6O6/c1-4-35-20(31)15-29(14-19-9-7-8-18(12-19)13-28-10-5-6-11-28)23-21(30(32)33)22(25)26-24(27-23)36-17(2)16-34-3/h7-9,12,16H,4-6,10-11,13-15H2,1-3H3,(H2,25,26,27)/b17-16+. The predicted octanol–water partition coefficient (Wildman–Crippen LogP) is 3.02. The maximum Gasteiger partial charge on any atom is 0.353 e. The molecule has 0 atom stereocenters. The van der Waals surface area contributed by atoms with Crippen LogP contribution in [-0.4, -0.2) is 59.1 Å². The summed E-state index contributed by atoms with van der Waals surface area (Å²) in [7, 11) is 1.45. The minimum absolute atomic E-state index is 0.147. The summed E-state index contributed by atoms with van der Waals surface area (Å²) < 4.78 is 15.5. The molecule has 1 saturated heterocycles. The summed E-state index contributed by atoms with van der Waals surface area (Å²) in [5.41, 5.74) is 7.38. The molecule has 194 valence electrons. The van der Waals surface area contributed by atoms with Gasteiger partial charge in [-0.25, -0.2) is 0 Å². The van der Waals surface area contributed by atoms with Crippen molar-refractivity contribution in [3.63, 3.8) is 0 Å². The van der Waals surface area contributed by atoms with Gasteiger partial charge in [0.2, 0.25) is 11.6 Å². The van der Waals surface area contributed by atoms with Gasteiger partial charge in [0.25, 0.3) is 0 Å². The molecule has 12 heteroatoms. The lowest BCUT2D eigenvalue weighted by molar-refractivity contribution is -0.383. The largest absolute Gasteiger partial charge is 0.501 e. The molecule has 36 heavy (non-hydrogen) atoms. The highest BCUT2D eigenvalue weighted by molar-refractivity contribution is 5.78. The molecule has 0 saturated carbocycles. The fourth-order valence-electron chi connectivity index (χ4n) is 4.03. The fraction of sp³-hybridized carbons (Fsp3) is 0.458. The molecule has 2 heterocycles. The number of hydrogen-bond donors (Lipinski definition) is 1. The molecule has 1 aromatic heterocycles. The number of nitro groups is 1. The van der Waals surface area contributed by atoms with E-state index in [1.165, 1.54) is 31.1 Å². The van der Waals surface area contributed by atoms with Crippen LogP contribution in [-0.2, 0) is 27.4 Å². The number of esters is 1. The number of nitrogen functional groups attached to an aromatic ring is 1. The number of hydrogen-bond acceptors (Lipinski definition) is 11. The van der Waals surface area contributed by atoms with E-state index in [2.05, 4.69) is 14.9 Å². The Labute approximate surface area is 209 Å². The lowest BCUT2D eigenvalue weighted by Gasteiger charge is -2.24. The molecule has 1 aromatic carbocycles. The van der Waals surface area contributed by atoms with Crippen LogP contribution in [0.5, 0.6) is 6.01 Å². The maximum absolute atomic E-state index is 12.5. The molecule has 0 radical (unpaired) electrons. The Kier molecular flexibility index (Phi) is 9.39. The number of rotatable bonds is 12. The molecule has 2 aromatic rings. The third-order valence-electron chi connectivity index (χ3n) is 5.49. The number of carbonyl (C=O) groups excluding carboxylic acids is 1. The van der Waals surface area contributed by atoms with Crippen LogP contribution in [0.15, 0.2) is 36.3 Å². The first-order chi connectivity index (χ1) is 17.3. The lowest BCUT2D eigenvalue weighted by atomic mass is 10.1. The van der Waals surface area contributed by atoms with Gasteiger partial charge >= 0.3 is 17.7 Å². The molecule has 1 aliphatic heterocycles. The average molecular weight is 501 g/mol. The number of carbonyl (C=O) groups is 1. The van der Waals surface area contributed by atoms with Crippen molar-refractivity contribution in [1.82, 2.24) is 14.9 Å². The van der Waals surface area contributed by atoms with E-state index in [0.29, 0.717) is 5.76 Å². The van der Waals surface area contributed by atoms with Gasteiger partial charge in [-0.3, -0.25) is 19.8 Å². The van der Waals surface area contributed by atoms with E-state index in [-0.39, 0.29) is 37.3 Å². The van der Waals surface area contributed by atoms with Crippen LogP contribution in [0.4, 0.5) is 17.3 Å². The summed E-state index contributed by atoms with van der Waals surface area (Å²) in [6, 6.07) is 7.68. The zero-order valence-electron chi connectivity index (χ0n) is 20.8. The van der Waals surface area contributed by atoms with Gasteiger partial charge < -0.3 is 24.8 Å². The highest BCUT2D eigenvalue weighted by Crippen LogP contribution is 2.34. The Morgan fingerprint density at radius 3 is 2.67 bits per heavy atom. The predicted molar refractivity (Wildman–Crippen MR) is 133 cm³/mol. The summed E-state index contributed by atoms with van der Waals surface area (Å²) in [5.74, 6) is -0.786. The molecule has 0 spiro atoms. The Morgan fingerprint density at radius 1 is 1.28 bits per heavy atom. The number of likely N-dealkylation sites (tertiary alicyclic amines) is 1. The van der Waals surface area contributed by atoms with E-state index in [4.69, 9.17) is 19.9 Å². The van der Waals surface area contributed by atoms with Gasteiger partial charge in [-0.15, -0.1) is 0 Å². The first kappa shape index (κ1) is 26.7. The van der Waals surface area contributed by atoms with Gasteiger partial charge in [0.05, 0.1) is 18.6 Å². The van der Waals surface area contributed by atoms with Crippen molar-refractivity contribution in [2.24, 2.45) is 0 Å². The number of allylic oxidation sites excluding steroid dienone is 1. The molecule has 1 aliphatic rings. The van der Waals surface area contributed by atoms with Gasteiger partial charge in [-0.05, 0) is 50.9 Å². The third-order valence-corrected chi connectivity index (χ3v) is 5.49. The molecule has 1 fully saturated rings. The molecule has 3 rings (SSSR count). The zero-order valence-corrected chi connectivity index (χ0v) is 20.8. The number of methoxy groups -OCH3 is 1. The van der Waals surface area contributed by atoms with Crippen LogP contribution in [0, 0.1) is 10.1 Å². The number of ether oxygens (including phenoxy) is 3. The van der Waals surface area contributed by atoms with E-state index in [0.717, 1.165) is 30.8 Å². The highest BCUT2D eigenvalue weighted by atomic mass is 16.6. The summed E-state index contributed by atoms with van der Waals surface area (Å²) in [4.78, 5) is 35.7. The van der Waals surface area contributed by atoms with Crippen LogP contribution in [0.2, 0.25) is 0 Å². The van der Waals surface area contributed by atoms with Crippen LogP contribution in [0.1, 0.15) is 37.8 Å². The quantitative estimate of drug-likeness (QED) is 0.198. The van der Waals surface area contributed by atoms with Gasteiger partial charge in [-0.1, -0.05) is 24.3 Å². The van der Waals surface area contributed by atoms with Crippen molar-refractivity contribution in [2.75, 3.05) is 44.0 Å². The van der Waals surface area contributed by atoms with E-state index in [1.54, 1.807) is 13.8 Å².